The molecule has 0 spiro atoms. The van der Waals surface area contributed by atoms with Crippen LogP contribution in [0.15, 0.2) is 12.4 Å². The maximum atomic E-state index is 12.2. The van der Waals surface area contributed by atoms with E-state index in [1.807, 2.05) is 0 Å². The molecule has 31 heavy (non-hydrogen) atoms. The molecular formula is C23H34ClN5O2. The minimum atomic E-state index is -0.110. The van der Waals surface area contributed by atoms with Crippen molar-refractivity contribution < 1.29 is 9.53 Å². The average molecular weight is 448 g/mol. The van der Waals surface area contributed by atoms with Crippen LogP contribution in [0.1, 0.15) is 51.9 Å². The Bertz CT molecular complexity index is 775. The largest absolute Gasteiger partial charge is 0.376 e. The number of halogens is 1. The molecule has 0 aromatic carbocycles. The molecule has 4 fully saturated rings. The minimum Gasteiger partial charge on any atom is -0.376 e. The Morgan fingerprint density at radius 2 is 1.87 bits per heavy atom. The van der Waals surface area contributed by atoms with E-state index in [-0.39, 0.29) is 18.1 Å². The third-order valence-electron chi connectivity index (χ3n) is 7.99. The number of aromatic nitrogens is 2. The first-order chi connectivity index (χ1) is 15.0. The molecule has 7 nitrogen and oxygen atoms in total. The minimum absolute atomic E-state index is 0.0370. The van der Waals surface area contributed by atoms with Crippen LogP contribution < -0.4 is 10.6 Å². The number of hydrogen-bond acceptors (Lipinski definition) is 6. The van der Waals surface area contributed by atoms with Gasteiger partial charge in [-0.25, -0.2) is 9.97 Å². The van der Waals surface area contributed by atoms with Gasteiger partial charge in [0, 0.05) is 31.8 Å². The smallest absolute Gasteiger partial charge is 0.235 e. The molecule has 2 N–H and O–H groups in total. The topological polar surface area (TPSA) is 84.6 Å². The second kappa shape index (κ2) is 8.83. The fraction of sp³-hybridized carbons (Fsp3) is 0.783. The van der Waals surface area contributed by atoms with Crippen molar-refractivity contribution in [1.29, 1.82) is 0 Å². The van der Waals surface area contributed by atoms with Gasteiger partial charge in [0.15, 0.2) is 0 Å². The number of ether oxygens (including phenoxy) is 1. The highest BCUT2D eigenvalue weighted by atomic mass is 35.5. The molecule has 8 heteroatoms. The summed E-state index contributed by atoms with van der Waals surface area (Å²) < 4.78 is 6.26. The first-order valence-electron chi connectivity index (χ1n) is 12.0. The van der Waals surface area contributed by atoms with Crippen LogP contribution in [0.3, 0.4) is 0 Å². The lowest BCUT2D eigenvalue weighted by molar-refractivity contribution is -0.127. The number of amides is 1. The van der Waals surface area contributed by atoms with Crippen LogP contribution in [0.2, 0.25) is 5.02 Å². The van der Waals surface area contributed by atoms with E-state index >= 15 is 0 Å². The zero-order valence-electron chi connectivity index (χ0n) is 18.3. The number of hydrogen-bond donors (Lipinski definition) is 1. The van der Waals surface area contributed by atoms with Gasteiger partial charge >= 0.3 is 0 Å². The van der Waals surface area contributed by atoms with Crippen molar-refractivity contribution in [2.45, 2.75) is 76.1 Å². The Kier molecular flexibility index (Phi) is 6.10. The summed E-state index contributed by atoms with van der Waals surface area (Å²) in [4.78, 5) is 25.8. The monoisotopic (exact) mass is 447 g/mol. The van der Waals surface area contributed by atoms with Crippen molar-refractivity contribution in [3.63, 3.8) is 0 Å². The fourth-order valence-electron chi connectivity index (χ4n) is 6.61. The summed E-state index contributed by atoms with van der Waals surface area (Å²) >= 11 is 5.96. The molecule has 1 aromatic rings. The summed E-state index contributed by atoms with van der Waals surface area (Å²) in [5.74, 6) is 2.31. The molecule has 0 unspecified atom stereocenters. The Morgan fingerprint density at radius 3 is 2.45 bits per heavy atom. The first-order valence-corrected chi connectivity index (χ1v) is 12.3. The molecule has 3 saturated heterocycles. The second-order valence-corrected chi connectivity index (χ2v) is 10.3. The van der Waals surface area contributed by atoms with Gasteiger partial charge in [-0.1, -0.05) is 11.6 Å². The second-order valence-electron chi connectivity index (χ2n) is 9.84. The van der Waals surface area contributed by atoms with E-state index in [0.29, 0.717) is 41.5 Å². The van der Waals surface area contributed by atoms with Gasteiger partial charge in [0.05, 0.1) is 29.6 Å². The third kappa shape index (κ3) is 4.29. The normalized spacial score (nSPS) is 34.6. The van der Waals surface area contributed by atoms with Gasteiger partial charge in [-0.2, -0.15) is 0 Å². The van der Waals surface area contributed by atoms with Crippen molar-refractivity contribution in [3.05, 3.63) is 17.4 Å². The number of carbonyl (C=O) groups is 1. The van der Waals surface area contributed by atoms with Crippen LogP contribution in [0.5, 0.6) is 0 Å². The van der Waals surface area contributed by atoms with Crippen LogP contribution in [-0.4, -0.2) is 64.7 Å². The van der Waals surface area contributed by atoms with E-state index in [9.17, 15) is 4.79 Å². The molecule has 170 valence electrons. The molecule has 1 saturated carbocycles. The SMILES string of the molecule is CCO[C@@H]1CN(c2ncc(Cl)cn2)CC[C@@H]1C1C[C@H]2CC[C@H](C1)N2[C@@H](C(N)=O)C1CC1. The highest BCUT2D eigenvalue weighted by Gasteiger charge is 2.51. The number of piperidine rings is 2. The van der Waals surface area contributed by atoms with E-state index in [4.69, 9.17) is 22.1 Å². The van der Waals surface area contributed by atoms with E-state index < -0.39 is 0 Å². The number of carbonyl (C=O) groups excluding carboxylic acids is 1. The molecule has 1 amide bonds. The summed E-state index contributed by atoms with van der Waals surface area (Å²) in [6.07, 6.45) is 11.6. The van der Waals surface area contributed by atoms with Gasteiger partial charge in [-0.05, 0) is 69.6 Å². The van der Waals surface area contributed by atoms with E-state index in [1.54, 1.807) is 12.4 Å². The number of fused-ring (bicyclic) bond motifs is 2. The van der Waals surface area contributed by atoms with Gasteiger partial charge < -0.3 is 15.4 Å². The highest BCUT2D eigenvalue weighted by molar-refractivity contribution is 6.30. The number of anilines is 1. The molecule has 1 aliphatic carbocycles. The maximum Gasteiger partial charge on any atom is 0.235 e. The van der Waals surface area contributed by atoms with Crippen LogP contribution in [0.4, 0.5) is 5.95 Å². The molecule has 1 aromatic heterocycles. The Hall–Kier alpha value is -1.44. The van der Waals surface area contributed by atoms with Crippen LogP contribution in [0.25, 0.3) is 0 Å². The van der Waals surface area contributed by atoms with Crippen molar-refractivity contribution in [2.24, 2.45) is 23.5 Å². The molecule has 3 aliphatic heterocycles. The number of nitrogens with zero attached hydrogens (tertiary/aromatic N) is 4. The predicted octanol–water partition coefficient (Wildman–Crippen LogP) is 2.87. The van der Waals surface area contributed by atoms with Gasteiger partial charge in [0.1, 0.15) is 0 Å². The van der Waals surface area contributed by atoms with E-state index in [2.05, 4.69) is 26.7 Å². The van der Waals surface area contributed by atoms with Crippen molar-refractivity contribution >= 4 is 23.5 Å². The van der Waals surface area contributed by atoms with Gasteiger partial charge in [-0.15, -0.1) is 0 Å². The number of rotatable bonds is 7. The Morgan fingerprint density at radius 1 is 1.19 bits per heavy atom. The van der Waals surface area contributed by atoms with Crippen molar-refractivity contribution in [3.8, 4) is 0 Å². The third-order valence-corrected chi connectivity index (χ3v) is 8.19. The predicted molar refractivity (Wildman–Crippen MR) is 120 cm³/mol. The average Bonchev–Trinajstić information content (AvgIpc) is 3.55. The maximum absolute atomic E-state index is 12.2. The number of nitrogens with two attached hydrogens (primary N) is 1. The summed E-state index contributed by atoms with van der Waals surface area (Å²) in [6, 6.07) is 0.966. The zero-order chi connectivity index (χ0) is 21.5. The summed E-state index contributed by atoms with van der Waals surface area (Å²) in [5.41, 5.74) is 5.85. The lowest BCUT2D eigenvalue weighted by Crippen LogP contribution is -2.57. The van der Waals surface area contributed by atoms with Crippen LogP contribution in [0, 0.1) is 17.8 Å². The van der Waals surface area contributed by atoms with Crippen LogP contribution in [-0.2, 0) is 9.53 Å². The number of primary amides is 1. The Labute approximate surface area is 189 Å². The van der Waals surface area contributed by atoms with Crippen molar-refractivity contribution in [2.75, 3.05) is 24.6 Å². The molecule has 2 bridgehead atoms. The van der Waals surface area contributed by atoms with Gasteiger partial charge in [-0.3, -0.25) is 9.69 Å². The Balaban J connectivity index is 1.28. The zero-order valence-corrected chi connectivity index (χ0v) is 19.1. The van der Waals surface area contributed by atoms with E-state index in [0.717, 1.165) is 38.3 Å². The van der Waals surface area contributed by atoms with Crippen molar-refractivity contribution in [1.82, 2.24) is 14.9 Å². The summed E-state index contributed by atoms with van der Waals surface area (Å²) in [5, 5.41) is 0.558. The molecule has 5 rings (SSSR count). The van der Waals surface area contributed by atoms with Gasteiger partial charge in [0.25, 0.3) is 0 Å². The molecular weight excluding hydrogens is 414 g/mol. The lowest BCUT2D eigenvalue weighted by atomic mass is 9.74. The molecule has 4 aliphatic rings. The standard InChI is InChI=1S/C23H34ClN5O2/c1-2-31-20-13-28(23-26-11-16(24)12-27-23)8-7-19(20)15-9-17-5-6-18(10-15)29(17)21(22(25)30)14-3-4-14/h11-12,14-15,17-21H,2-10,13H2,1H3,(H2,25,30)/t17-,18-,19-,20-,21-/m1/s1. The summed E-state index contributed by atoms with van der Waals surface area (Å²) in [6.45, 7) is 4.56. The van der Waals surface area contributed by atoms with Crippen LogP contribution >= 0.6 is 11.6 Å². The fourth-order valence-corrected chi connectivity index (χ4v) is 6.71. The lowest BCUT2D eigenvalue weighted by Gasteiger charge is -2.48. The molecule has 5 atom stereocenters. The highest BCUT2D eigenvalue weighted by Crippen LogP contribution is 2.48. The molecule has 0 radical (unpaired) electrons. The van der Waals surface area contributed by atoms with Gasteiger partial charge in [0.2, 0.25) is 11.9 Å². The first kappa shape index (κ1) is 21.4. The quantitative estimate of drug-likeness (QED) is 0.691. The molecule has 4 heterocycles. The van der Waals surface area contributed by atoms with E-state index in [1.165, 1.54) is 25.7 Å². The summed E-state index contributed by atoms with van der Waals surface area (Å²) in [7, 11) is 0.